The van der Waals surface area contributed by atoms with Crippen molar-refractivity contribution in [3.8, 4) is 22.3 Å². The fourth-order valence-corrected chi connectivity index (χ4v) is 8.91. The molecule has 2 heteroatoms. The Hall–Kier alpha value is -6.12. The van der Waals surface area contributed by atoms with Crippen LogP contribution in [0.4, 0.5) is 17.1 Å². The minimum absolute atomic E-state index is 0.0829. The van der Waals surface area contributed by atoms with Crippen LogP contribution in [0.1, 0.15) is 38.3 Å². The standard InChI is InChI=1S/C50H40N2/c1-33-12-10-15-38(30-33)52-48-20-9-7-18-43(48)44-31-36(24-29-49(44)52)34-22-25-37(26-23-34)51(47-21-11-14-35-13-4-5-16-40(35)47)39-27-28-42-41-17-6-8-19-45(41)50(2,3)46(42)32-39/h4-29,31-33H,30H2,1-3H3. The first-order valence-electron chi connectivity index (χ1n) is 18.5. The van der Waals surface area contributed by atoms with E-state index in [0.29, 0.717) is 5.92 Å². The Labute approximate surface area is 305 Å². The molecule has 250 valence electrons. The molecule has 2 aliphatic carbocycles. The maximum atomic E-state index is 2.47. The predicted molar refractivity (Wildman–Crippen MR) is 222 cm³/mol. The second-order valence-electron chi connectivity index (χ2n) is 15.1. The van der Waals surface area contributed by atoms with E-state index in [4.69, 9.17) is 0 Å². The lowest BCUT2D eigenvalue weighted by Crippen LogP contribution is -2.16. The van der Waals surface area contributed by atoms with Gasteiger partial charge < -0.3 is 9.47 Å². The molecule has 2 nitrogen and oxygen atoms in total. The van der Waals surface area contributed by atoms with Crippen LogP contribution < -0.4 is 4.90 Å². The summed E-state index contributed by atoms with van der Waals surface area (Å²) in [6.45, 7) is 7.01. The molecule has 0 saturated heterocycles. The predicted octanol–water partition coefficient (Wildman–Crippen LogP) is 13.8. The molecule has 10 rings (SSSR count). The number of fused-ring (bicyclic) bond motifs is 7. The summed E-state index contributed by atoms with van der Waals surface area (Å²) in [4.78, 5) is 2.44. The Balaban J connectivity index is 1.09. The van der Waals surface area contributed by atoms with Crippen LogP contribution in [0.25, 0.3) is 60.5 Å². The fourth-order valence-electron chi connectivity index (χ4n) is 8.91. The number of nitrogens with zero attached hydrogens (tertiary/aromatic N) is 2. The summed E-state index contributed by atoms with van der Waals surface area (Å²) < 4.78 is 2.47. The number of anilines is 3. The second kappa shape index (κ2) is 11.7. The van der Waals surface area contributed by atoms with Crippen molar-refractivity contribution in [2.75, 3.05) is 4.90 Å². The van der Waals surface area contributed by atoms with Crippen molar-refractivity contribution in [2.45, 2.75) is 32.6 Å². The minimum Gasteiger partial charge on any atom is -0.313 e. The van der Waals surface area contributed by atoms with Gasteiger partial charge in [-0.1, -0.05) is 136 Å². The van der Waals surface area contributed by atoms with Crippen LogP contribution in [0.15, 0.2) is 170 Å². The Morgan fingerprint density at radius 1 is 0.577 bits per heavy atom. The van der Waals surface area contributed by atoms with Crippen molar-refractivity contribution in [3.63, 3.8) is 0 Å². The smallest absolute Gasteiger partial charge is 0.0540 e. The molecule has 1 unspecified atom stereocenters. The van der Waals surface area contributed by atoms with E-state index >= 15 is 0 Å². The lowest BCUT2D eigenvalue weighted by Gasteiger charge is -2.29. The molecule has 0 amide bonds. The molecule has 0 bridgehead atoms. The first kappa shape index (κ1) is 30.7. The van der Waals surface area contributed by atoms with E-state index in [9.17, 15) is 0 Å². The SMILES string of the molecule is CC1C=CC=C(n2c3ccccc3c3cc(-c4ccc(N(c5ccc6c(c5)C(C)(C)c5ccccc5-6)c5cccc6ccccc56)cc4)ccc32)C1. The highest BCUT2D eigenvalue weighted by molar-refractivity contribution is 6.11. The summed E-state index contributed by atoms with van der Waals surface area (Å²) in [5.74, 6) is 0.530. The lowest BCUT2D eigenvalue weighted by atomic mass is 9.82. The van der Waals surface area contributed by atoms with E-state index in [1.165, 1.54) is 83.0 Å². The maximum Gasteiger partial charge on any atom is 0.0540 e. The quantitative estimate of drug-likeness (QED) is 0.177. The highest BCUT2D eigenvalue weighted by atomic mass is 15.1. The van der Waals surface area contributed by atoms with Gasteiger partial charge in [-0.15, -0.1) is 0 Å². The molecule has 0 N–H and O–H groups in total. The van der Waals surface area contributed by atoms with E-state index in [1.807, 2.05) is 0 Å². The number of hydrogen-bond donors (Lipinski definition) is 0. The van der Waals surface area contributed by atoms with Gasteiger partial charge in [0.2, 0.25) is 0 Å². The molecule has 52 heavy (non-hydrogen) atoms. The van der Waals surface area contributed by atoms with Gasteiger partial charge in [0.25, 0.3) is 0 Å². The zero-order chi connectivity index (χ0) is 35.0. The van der Waals surface area contributed by atoms with Gasteiger partial charge in [-0.05, 0) is 106 Å². The van der Waals surface area contributed by atoms with Gasteiger partial charge in [-0.25, -0.2) is 0 Å². The first-order valence-corrected chi connectivity index (χ1v) is 18.5. The topological polar surface area (TPSA) is 8.17 Å². The summed E-state index contributed by atoms with van der Waals surface area (Å²) >= 11 is 0. The van der Waals surface area contributed by atoms with E-state index in [-0.39, 0.29) is 5.41 Å². The number of aromatic nitrogens is 1. The molecule has 7 aromatic carbocycles. The number of benzene rings is 7. The number of allylic oxidation sites excluding steroid dienone is 4. The largest absolute Gasteiger partial charge is 0.313 e. The van der Waals surface area contributed by atoms with Crippen LogP contribution in [0.3, 0.4) is 0 Å². The van der Waals surface area contributed by atoms with Crippen molar-refractivity contribution in [1.29, 1.82) is 0 Å². The highest BCUT2D eigenvalue weighted by Gasteiger charge is 2.35. The zero-order valence-electron chi connectivity index (χ0n) is 29.8. The van der Waals surface area contributed by atoms with Gasteiger partial charge in [-0.3, -0.25) is 0 Å². The molecular weight excluding hydrogens is 629 g/mol. The molecule has 0 radical (unpaired) electrons. The molecule has 1 atom stereocenters. The van der Waals surface area contributed by atoms with Crippen molar-refractivity contribution >= 4 is 55.3 Å². The second-order valence-corrected chi connectivity index (χ2v) is 15.1. The lowest BCUT2D eigenvalue weighted by molar-refractivity contribution is 0.660. The summed E-state index contributed by atoms with van der Waals surface area (Å²) in [5.41, 5.74) is 15.2. The fraction of sp³-hybridized carbons (Fsp3) is 0.120. The van der Waals surface area contributed by atoms with Crippen LogP contribution in [0.2, 0.25) is 0 Å². The van der Waals surface area contributed by atoms with Crippen LogP contribution in [0.5, 0.6) is 0 Å². The van der Waals surface area contributed by atoms with E-state index in [1.54, 1.807) is 0 Å². The van der Waals surface area contributed by atoms with Crippen molar-refractivity contribution in [2.24, 2.45) is 5.92 Å². The Morgan fingerprint density at radius 2 is 1.27 bits per heavy atom. The number of hydrogen-bond acceptors (Lipinski definition) is 1. The molecule has 2 aliphatic rings. The molecule has 1 aromatic heterocycles. The van der Waals surface area contributed by atoms with Crippen molar-refractivity contribution in [3.05, 3.63) is 181 Å². The van der Waals surface area contributed by atoms with Gasteiger partial charge in [-0.2, -0.15) is 0 Å². The van der Waals surface area contributed by atoms with Gasteiger partial charge >= 0.3 is 0 Å². The average molecular weight is 669 g/mol. The summed E-state index contributed by atoms with van der Waals surface area (Å²) in [5, 5.41) is 5.05. The van der Waals surface area contributed by atoms with Crippen LogP contribution in [-0.2, 0) is 5.41 Å². The van der Waals surface area contributed by atoms with Gasteiger partial charge in [0.1, 0.15) is 0 Å². The number of rotatable bonds is 5. The van der Waals surface area contributed by atoms with E-state index < -0.39 is 0 Å². The molecule has 0 spiro atoms. The summed E-state index contributed by atoms with van der Waals surface area (Å²) in [6.07, 6.45) is 7.82. The normalized spacial score (nSPS) is 15.9. The third kappa shape index (κ3) is 4.71. The van der Waals surface area contributed by atoms with Crippen molar-refractivity contribution < 1.29 is 0 Å². The molecule has 8 aromatic rings. The number of para-hydroxylation sites is 1. The minimum atomic E-state index is -0.0829. The van der Waals surface area contributed by atoms with Crippen LogP contribution in [0, 0.1) is 5.92 Å². The van der Waals surface area contributed by atoms with Crippen LogP contribution in [-0.4, -0.2) is 4.57 Å². The van der Waals surface area contributed by atoms with Crippen LogP contribution >= 0.6 is 0 Å². The maximum absolute atomic E-state index is 2.47. The Kier molecular flexibility index (Phi) is 6.91. The average Bonchev–Trinajstić information content (AvgIpc) is 3.63. The molecule has 1 heterocycles. The molecular formula is C50H40N2. The zero-order valence-corrected chi connectivity index (χ0v) is 29.8. The first-order chi connectivity index (χ1) is 25.5. The van der Waals surface area contributed by atoms with E-state index in [0.717, 1.165) is 12.1 Å². The van der Waals surface area contributed by atoms with Gasteiger partial charge in [0.15, 0.2) is 0 Å². The van der Waals surface area contributed by atoms with Crippen molar-refractivity contribution in [1.82, 2.24) is 4.57 Å². The van der Waals surface area contributed by atoms with Gasteiger partial charge in [0, 0.05) is 38.6 Å². The molecule has 0 fully saturated rings. The van der Waals surface area contributed by atoms with Gasteiger partial charge in [0.05, 0.1) is 16.7 Å². The molecule has 0 aliphatic heterocycles. The van der Waals surface area contributed by atoms with E-state index in [2.05, 4.69) is 200 Å². The Bertz CT molecular complexity index is 2750. The third-order valence-corrected chi connectivity index (χ3v) is 11.5. The summed E-state index contributed by atoms with van der Waals surface area (Å²) in [7, 11) is 0. The monoisotopic (exact) mass is 668 g/mol. The third-order valence-electron chi connectivity index (χ3n) is 11.5. The Morgan fingerprint density at radius 3 is 2.13 bits per heavy atom. The summed E-state index contributed by atoms with van der Waals surface area (Å²) in [6, 6.07) is 56.3. The molecule has 0 saturated carbocycles. The highest BCUT2D eigenvalue weighted by Crippen LogP contribution is 2.51.